The summed E-state index contributed by atoms with van der Waals surface area (Å²) in [6, 6.07) is 11.2. The van der Waals surface area contributed by atoms with Gasteiger partial charge in [0.05, 0.1) is 28.2 Å². The number of hydrogen-bond donors (Lipinski definition) is 2. The molecule has 0 spiro atoms. The SMILES string of the molecule is Cc1cc(C(=O)NNC(=O)c2c(C)nn(-c3ccccc3)c2C)c(C)o1. The number of furan rings is 1. The summed E-state index contributed by atoms with van der Waals surface area (Å²) in [7, 11) is 0. The number of rotatable bonds is 3. The molecule has 2 amide bonds. The number of amides is 2. The summed E-state index contributed by atoms with van der Waals surface area (Å²) in [6.07, 6.45) is 0. The third-order valence-electron chi connectivity index (χ3n) is 4.09. The van der Waals surface area contributed by atoms with Crippen LogP contribution in [-0.4, -0.2) is 21.6 Å². The Bertz CT molecular complexity index is 970. The Balaban J connectivity index is 1.77. The van der Waals surface area contributed by atoms with Gasteiger partial charge in [-0.05, 0) is 45.9 Å². The predicted molar refractivity (Wildman–Crippen MR) is 96.2 cm³/mol. The van der Waals surface area contributed by atoms with Crippen molar-refractivity contribution in [3.8, 4) is 5.69 Å². The highest BCUT2D eigenvalue weighted by molar-refractivity contribution is 6.00. The first-order chi connectivity index (χ1) is 12.4. The van der Waals surface area contributed by atoms with Gasteiger partial charge >= 0.3 is 0 Å². The largest absolute Gasteiger partial charge is 0.466 e. The minimum Gasteiger partial charge on any atom is -0.466 e. The summed E-state index contributed by atoms with van der Waals surface area (Å²) in [5, 5.41) is 4.43. The molecule has 0 bridgehead atoms. The lowest BCUT2D eigenvalue weighted by Gasteiger charge is -2.08. The van der Waals surface area contributed by atoms with E-state index >= 15 is 0 Å². The quantitative estimate of drug-likeness (QED) is 0.709. The number of para-hydroxylation sites is 1. The standard InChI is InChI=1S/C19H20N4O3/c1-11-10-16(14(4)26-11)18(24)20-21-19(25)17-12(2)22-23(13(17)3)15-8-6-5-7-9-15/h5-10H,1-4H3,(H,20,24)(H,21,25). The Morgan fingerprint density at radius 3 is 2.27 bits per heavy atom. The number of hydrazine groups is 1. The molecule has 134 valence electrons. The number of carbonyl (C=O) groups excluding carboxylic acids is 2. The molecule has 7 nitrogen and oxygen atoms in total. The fourth-order valence-corrected chi connectivity index (χ4v) is 2.89. The van der Waals surface area contributed by atoms with E-state index in [-0.39, 0.29) is 0 Å². The molecule has 2 N–H and O–H groups in total. The van der Waals surface area contributed by atoms with Gasteiger partial charge in [-0.3, -0.25) is 20.4 Å². The third kappa shape index (κ3) is 3.23. The van der Waals surface area contributed by atoms with Crippen molar-refractivity contribution in [2.24, 2.45) is 0 Å². The molecular weight excluding hydrogens is 332 g/mol. The molecule has 26 heavy (non-hydrogen) atoms. The van der Waals surface area contributed by atoms with E-state index in [1.807, 2.05) is 37.3 Å². The highest BCUT2D eigenvalue weighted by atomic mass is 16.3. The van der Waals surface area contributed by atoms with Gasteiger partial charge in [-0.25, -0.2) is 4.68 Å². The first kappa shape index (κ1) is 17.5. The third-order valence-corrected chi connectivity index (χ3v) is 4.09. The average Bonchev–Trinajstić information content (AvgIpc) is 3.11. The van der Waals surface area contributed by atoms with Crippen LogP contribution in [0.4, 0.5) is 0 Å². The smallest absolute Gasteiger partial charge is 0.273 e. The Morgan fingerprint density at radius 2 is 1.65 bits per heavy atom. The van der Waals surface area contributed by atoms with E-state index in [2.05, 4.69) is 16.0 Å². The van der Waals surface area contributed by atoms with Gasteiger partial charge in [0.25, 0.3) is 11.8 Å². The van der Waals surface area contributed by atoms with E-state index in [0.717, 1.165) is 5.69 Å². The molecule has 0 saturated heterocycles. The van der Waals surface area contributed by atoms with Crippen LogP contribution >= 0.6 is 0 Å². The number of carbonyl (C=O) groups is 2. The summed E-state index contributed by atoms with van der Waals surface area (Å²) in [5.74, 6) is 0.278. The van der Waals surface area contributed by atoms with Crippen molar-refractivity contribution < 1.29 is 14.0 Å². The fourth-order valence-electron chi connectivity index (χ4n) is 2.89. The van der Waals surface area contributed by atoms with Crippen LogP contribution in [0.25, 0.3) is 5.69 Å². The van der Waals surface area contributed by atoms with Crippen molar-refractivity contribution in [3.63, 3.8) is 0 Å². The maximum atomic E-state index is 12.6. The van der Waals surface area contributed by atoms with Gasteiger partial charge in [0.15, 0.2) is 0 Å². The van der Waals surface area contributed by atoms with Crippen molar-refractivity contribution in [2.75, 3.05) is 0 Å². The van der Waals surface area contributed by atoms with Crippen LogP contribution in [-0.2, 0) is 0 Å². The number of aryl methyl sites for hydroxylation is 3. The molecule has 3 rings (SSSR count). The summed E-state index contributed by atoms with van der Waals surface area (Å²) >= 11 is 0. The first-order valence-electron chi connectivity index (χ1n) is 8.18. The highest BCUT2D eigenvalue weighted by Crippen LogP contribution is 2.18. The van der Waals surface area contributed by atoms with Crippen molar-refractivity contribution in [3.05, 3.63) is 70.4 Å². The van der Waals surface area contributed by atoms with Crippen LogP contribution < -0.4 is 10.9 Å². The molecule has 3 aromatic rings. The highest BCUT2D eigenvalue weighted by Gasteiger charge is 2.21. The Morgan fingerprint density at radius 1 is 1.00 bits per heavy atom. The molecular formula is C19H20N4O3. The predicted octanol–water partition coefficient (Wildman–Crippen LogP) is 2.77. The normalized spacial score (nSPS) is 10.6. The molecule has 0 saturated carbocycles. The van der Waals surface area contributed by atoms with Crippen LogP contribution in [0.3, 0.4) is 0 Å². The van der Waals surface area contributed by atoms with Crippen molar-refractivity contribution in [1.29, 1.82) is 0 Å². The minimum atomic E-state index is -0.432. The van der Waals surface area contributed by atoms with E-state index in [1.165, 1.54) is 0 Å². The molecule has 2 aromatic heterocycles. The number of nitrogens with one attached hydrogen (secondary N) is 2. The van der Waals surface area contributed by atoms with Gasteiger partial charge in [0, 0.05) is 0 Å². The van der Waals surface area contributed by atoms with Crippen LogP contribution in [0.2, 0.25) is 0 Å². The number of benzene rings is 1. The number of hydrogen-bond acceptors (Lipinski definition) is 4. The van der Waals surface area contributed by atoms with Gasteiger partial charge in [-0.15, -0.1) is 0 Å². The van der Waals surface area contributed by atoms with Gasteiger partial charge < -0.3 is 4.42 Å². The maximum Gasteiger partial charge on any atom is 0.273 e. The fraction of sp³-hybridized carbons (Fsp3) is 0.211. The lowest BCUT2D eigenvalue weighted by molar-refractivity contribution is 0.0845. The number of nitrogens with zero attached hydrogens (tertiary/aromatic N) is 2. The van der Waals surface area contributed by atoms with Crippen LogP contribution in [0.1, 0.15) is 43.6 Å². The zero-order chi connectivity index (χ0) is 18.8. The van der Waals surface area contributed by atoms with Gasteiger partial charge in [-0.1, -0.05) is 18.2 Å². The lowest BCUT2D eigenvalue weighted by atomic mass is 10.2. The molecule has 7 heteroatoms. The Hall–Kier alpha value is -3.35. The zero-order valence-electron chi connectivity index (χ0n) is 15.1. The monoisotopic (exact) mass is 352 g/mol. The molecule has 0 radical (unpaired) electrons. The molecule has 0 aliphatic heterocycles. The maximum absolute atomic E-state index is 12.6. The first-order valence-corrected chi connectivity index (χ1v) is 8.18. The summed E-state index contributed by atoms with van der Waals surface area (Å²) < 4.78 is 7.03. The summed E-state index contributed by atoms with van der Waals surface area (Å²) in [6.45, 7) is 7.02. The van der Waals surface area contributed by atoms with Crippen LogP contribution in [0.5, 0.6) is 0 Å². The average molecular weight is 352 g/mol. The molecule has 0 unspecified atom stereocenters. The Labute approximate surface area is 151 Å². The molecule has 1 aromatic carbocycles. The number of aromatic nitrogens is 2. The van der Waals surface area contributed by atoms with E-state index in [4.69, 9.17) is 4.42 Å². The van der Waals surface area contributed by atoms with Gasteiger partial charge in [0.2, 0.25) is 0 Å². The molecule has 2 heterocycles. The van der Waals surface area contributed by atoms with Crippen molar-refractivity contribution >= 4 is 11.8 Å². The second-order valence-electron chi connectivity index (χ2n) is 6.03. The van der Waals surface area contributed by atoms with Crippen LogP contribution in [0, 0.1) is 27.7 Å². The van der Waals surface area contributed by atoms with E-state index in [0.29, 0.717) is 34.0 Å². The van der Waals surface area contributed by atoms with Gasteiger partial charge in [0.1, 0.15) is 11.5 Å². The van der Waals surface area contributed by atoms with E-state index in [9.17, 15) is 9.59 Å². The van der Waals surface area contributed by atoms with E-state index in [1.54, 1.807) is 31.5 Å². The van der Waals surface area contributed by atoms with E-state index < -0.39 is 11.8 Å². The second-order valence-corrected chi connectivity index (χ2v) is 6.03. The second kappa shape index (κ2) is 6.87. The molecule has 0 fully saturated rings. The topological polar surface area (TPSA) is 89.2 Å². The van der Waals surface area contributed by atoms with Crippen LogP contribution in [0.15, 0.2) is 40.8 Å². The summed E-state index contributed by atoms with van der Waals surface area (Å²) in [4.78, 5) is 24.8. The molecule has 0 atom stereocenters. The van der Waals surface area contributed by atoms with Crippen molar-refractivity contribution in [1.82, 2.24) is 20.6 Å². The molecule has 0 aliphatic rings. The van der Waals surface area contributed by atoms with Gasteiger partial charge in [-0.2, -0.15) is 5.10 Å². The molecule has 0 aliphatic carbocycles. The minimum absolute atomic E-state index is 0.385. The lowest BCUT2D eigenvalue weighted by Crippen LogP contribution is -2.42. The Kier molecular flexibility index (Phi) is 4.62. The van der Waals surface area contributed by atoms with Crippen molar-refractivity contribution in [2.45, 2.75) is 27.7 Å². The zero-order valence-corrected chi connectivity index (χ0v) is 15.1. The summed E-state index contributed by atoms with van der Waals surface area (Å²) in [5.41, 5.74) is 7.81.